The van der Waals surface area contributed by atoms with Crippen LogP contribution in [0.25, 0.3) is 0 Å². The highest BCUT2D eigenvalue weighted by atomic mass is 79.9. The summed E-state index contributed by atoms with van der Waals surface area (Å²) in [5.74, 6) is 0.796. The molecule has 7 nitrogen and oxygen atoms in total. The fourth-order valence-corrected chi connectivity index (χ4v) is 2.76. The summed E-state index contributed by atoms with van der Waals surface area (Å²) in [6.07, 6.45) is 3.94. The molecule has 1 atom stereocenters. The Morgan fingerprint density at radius 3 is 2.72 bits per heavy atom. The molecule has 0 bridgehead atoms. The van der Waals surface area contributed by atoms with Crippen LogP contribution in [-0.2, 0) is 6.54 Å². The van der Waals surface area contributed by atoms with Gasteiger partial charge in [0.25, 0.3) is 0 Å². The number of hydrogen-bond acceptors (Lipinski definition) is 5. The molecule has 25 heavy (non-hydrogen) atoms. The zero-order valence-electron chi connectivity index (χ0n) is 13.8. The van der Waals surface area contributed by atoms with E-state index in [1.807, 2.05) is 24.3 Å². The molecule has 1 saturated heterocycles. The fourth-order valence-electron chi connectivity index (χ4n) is 2.55. The molecule has 2 amide bonds. The monoisotopic (exact) mass is 406 g/mol. The Kier molecular flexibility index (Phi) is 5.70. The first kappa shape index (κ1) is 17.5. The number of nitrogens with zero attached hydrogens (tertiary/aromatic N) is 3. The highest BCUT2D eigenvalue weighted by molar-refractivity contribution is 9.10. The van der Waals surface area contributed by atoms with Gasteiger partial charge < -0.3 is 19.7 Å². The molecule has 1 aliphatic rings. The van der Waals surface area contributed by atoms with Gasteiger partial charge in [0, 0.05) is 31.9 Å². The quantitative estimate of drug-likeness (QED) is 0.825. The smallest absolute Gasteiger partial charge is 0.317 e. The lowest BCUT2D eigenvalue weighted by molar-refractivity contribution is 0.178. The highest BCUT2D eigenvalue weighted by Crippen LogP contribution is 2.16. The van der Waals surface area contributed by atoms with E-state index in [2.05, 4.69) is 31.2 Å². The third-order valence-electron chi connectivity index (χ3n) is 3.90. The first-order valence-electron chi connectivity index (χ1n) is 7.94. The number of rotatable bonds is 5. The van der Waals surface area contributed by atoms with E-state index >= 15 is 0 Å². The molecule has 8 heteroatoms. The number of hydrogen-bond donors (Lipinski definition) is 1. The van der Waals surface area contributed by atoms with Gasteiger partial charge in [-0.25, -0.2) is 14.8 Å². The molecule has 1 aromatic carbocycles. The molecule has 0 unspecified atom stereocenters. The summed E-state index contributed by atoms with van der Waals surface area (Å²) in [7, 11) is 1.63. The number of methoxy groups -OCH3 is 1. The van der Waals surface area contributed by atoms with E-state index in [0.29, 0.717) is 25.6 Å². The summed E-state index contributed by atoms with van der Waals surface area (Å²) < 4.78 is 11.6. The molecule has 3 rings (SSSR count). The summed E-state index contributed by atoms with van der Waals surface area (Å²) in [5, 5.41) is 2.92. The third kappa shape index (κ3) is 4.82. The first-order valence-corrected chi connectivity index (χ1v) is 8.73. The predicted molar refractivity (Wildman–Crippen MR) is 95.6 cm³/mol. The second kappa shape index (κ2) is 8.15. The number of aromatic nitrogens is 2. The lowest BCUT2D eigenvalue weighted by Crippen LogP contribution is -2.39. The van der Waals surface area contributed by atoms with Crippen molar-refractivity contribution >= 4 is 22.0 Å². The molecule has 2 aromatic rings. The van der Waals surface area contributed by atoms with Crippen LogP contribution in [0, 0.1) is 0 Å². The van der Waals surface area contributed by atoms with Crippen LogP contribution in [0.3, 0.4) is 0 Å². The van der Waals surface area contributed by atoms with Gasteiger partial charge in [-0.05, 0) is 33.6 Å². The first-order chi connectivity index (χ1) is 12.1. The third-order valence-corrected chi connectivity index (χ3v) is 4.31. The topological polar surface area (TPSA) is 76.6 Å². The van der Waals surface area contributed by atoms with Gasteiger partial charge in [0.15, 0.2) is 0 Å². The molecule has 1 N–H and O–H groups in total. The van der Waals surface area contributed by atoms with E-state index in [1.165, 1.54) is 0 Å². The van der Waals surface area contributed by atoms with E-state index in [1.54, 1.807) is 24.4 Å². The molecule has 1 fully saturated rings. The largest absolute Gasteiger partial charge is 0.497 e. The van der Waals surface area contributed by atoms with Crippen LogP contribution in [-0.4, -0.2) is 47.2 Å². The number of ether oxygens (including phenoxy) is 2. The summed E-state index contributed by atoms with van der Waals surface area (Å²) in [6.45, 7) is 1.64. The maximum atomic E-state index is 12.3. The van der Waals surface area contributed by atoms with Gasteiger partial charge in [-0.3, -0.25) is 0 Å². The minimum Gasteiger partial charge on any atom is -0.497 e. The molecule has 0 radical (unpaired) electrons. The van der Waals surface area contributed by atoms with Gasteiger partial charge in [0.1, 0.15) is 11.9 Å². The maximum Gasteiger partial charge on any atom is 0.317 e. The van der Waals surface area contributed by atoms with Crippen LogP contribution >= 0.6 is 15.9 Å². The summed E-state index contributed by atoms with van der Waals surface area (Å²) in [4.78, 5) is 22.2. The van der Waals surface area contributed by atoms with E-state index in [4.69, 9.17) is 9.47 Å². The molecule has 132 valence electrons. The van der Waals surface area contributed by atoms with Crippen LogP contribution in [0.1, 0.15) is 12.0 Å². The molecular formula is C17H19BrN4O3. The average Bonchev–Trinajstić information content (AvgIpc) is 3.10. The van der Waals surface area contributed by atoms with Gasteiger partial charge in [0.05, 0.1) is 18.1 Å². The molecule has 2 heterocycles. The van der Waals surface area contributed by atoms with E-state index in [9.17, 15) is 4.79 Å². The maximum absolute atomic E-state index is 12.3. The van der Waals surface area contributed by atoms with Crippen molar-refractivity contribution in [3.05, 3.63) is 46.7 Å². The van der Waals surface area contributed by atoms with Gasteiger partial charge >= 0.3 is 12.0 Å². The highest BCUT2D eigenvalue weighted by Gasteiger charge is 2.28. The normalized spacial score (nSPS) is 16.6. The number of nitrogens with one attached hydrogen (secondary N) is 1. The molecular weight excluding hydrogens is 388 g/mol. The zero-order valence-corrected chi connectivity index (χ0v) is 15.4. The van der Waals surface area contributed by atoms with Crippen LogP contribution in [0.15, 0.2) is 41.1 Å². The minimum absolute atomic E-state index is 0.0899. The number of carbonyl (C=O) groups is 1. The lowest BCUT2D eigenvalue weighted by atomic mass is 10.2. The number of likely N-dealkylation sites (tertiary alicyclic amines) is 1. The van der Waals surface area contributed by atoms with Crippen molar-refractivity contribution in [1.82, 2.24) is 20.2 Å². The van der Waals surface area contributed by atoms with Gasteiger partial charge in [0.2, 0.25) is 0 Å². The molecule has 1 aliphatic heterocycles. The Hall–Kier alpha value is -2.35. The Balaban J connectivity index is 1.46. The molecule has 0 spiro atoms. The summed E-state index contributed by atoms with van der Waals surface area (Å²) in [6, 6.07) is 7.84. The SMILES string of the molecule is COc1ccc(CNC(=O)N2CC[C@H](Oc3ncc(Br)cn3)C2)cc1. The fraction of sp³-hybridized carbons (Fsp3) is 0.353. The predicted octanol–water partition coefficient (Wildman–Crippen LogP) is 2.61. The summed E-state index contributed by atoms with van der Waals surface area (Å²) >= 11 is 3.28. The Labute approximate surface area is 154 Å². The number of carbonyl (C=O) groups excluding carboxylic acids is 1. The number of halogens is 1. The van der Waals surface area contributed by atoms with Gasteiger partial charge in [-0.1, -0.05) is 12.1 Å². The second-order valence-corrected chi connectivity index (χ2v) is 6.58. The second-order valence-electron chi connectivity index (χ2n) is 5.67. The molecule has 0 saturated carbocycles. The number of benzene rings is 1. The average molecular weight is 407 g/mol. The van der Waals surface area contributed by atoms with Crippen molar-refractivity contribution in [3.63, 3.8) is 0 Å². The van der Waals surface area contributed by atoms with E-state index in [-0.39, 0.29) is 12.1 Å². The van der Waals surface area contributed by atoms with Crippen LogP contribution in [0.4, 0.5) is 4.79 Å². The number of amides is 2. The Morgan fingerprint density at radius 2 is 2.04 bits per heavy atom. The van der Waals surface area contributed by atoms with Crippen LogP contribution < -0.4 is 14.8 Å². The Morgan fingerprint density at radius 1 is 1.32 bits per heavy atom. The van der Waals surface area contributed by atoms with Crippen molar-refractivity contribution in [2.24, 2.45) is 0 Å². The van der Waals surface area contributed by atoms with E-state index < -0.39 is 0 Å². The molecule has 1 aromatic heterocycles. The Bertz CT molecular complexity index is 709. The van der Waals surface area contributed by atoms with Crippen molar-refractivity contribution in [2.75, 3.05) is 20.2 Å². The number of urea groups is 1. The van der Waals surface area contributed by atoms with Gasteiger partial charge in [-0.15, -0.1) is 0 Å². The van der Waals surface area contributed by atoms with Crippen molar-refractivity contribution in [2.45, 2.75) is 19.1 Å². The van der Waals surface area contributed by atoms with Gasteiger partial charge in [-0.2, -0.15) is 0 Å². The standard InChI is InChI=1S/C17H19BrN4O3/c1-24-14-4-2-12(3-5-14)8-21-17(23)22-7-6-15(11-22)25-16-19-9-13(18)10-20-16/h2-5,9-10,15H,6-8,11H2,1H3,(H,21,23)/t15-/m0/s1. The van der Waals surface area contributed by atoms with Crippen molar-refractivity contribution < 1.29 is 14.3 Å². The van der Waals surface area contributed by atoms with Crippen LogP contribution in [0.5, 0.6) is 11.8 Å². The van der Waals surface area contributed by atoms with Crippen LogP contribution in [0.2, 0.25) is 0 Å². The van der Waals surface area contributed by atoms with Crippen molar-refractivity contribution in [3.8, 4) is 11.8 Å². The lowest BCUT2D eigenvalue weighted by Gasteiger charge is -2.17. The minimum atomic E-state index is -0.0985. The summed E-state index contributed by atoms with van der Waals surface area (Å²) in [5.41, 5.74) is 1.02. The van der Waals surface area contributed by atoms with E-state index in [0.717, 1.165) is 22.2 Å². The van der Waals surface area contributed by atoms with Crippen molar-refractivity contribution in [1.29, 1.82) is 0 Å². The molecule has 0 aliphatic carbocycles. The zero-order chi connectivity index (χ0) is 17.6.